The molecule has 0 aromatic heterocycles. The molecule has 0 atom stereocenters. The van der Waals surface area contributed by atoms with Crippen LogP contribution < -0.4 is 5.32 Å². The number of aliphatic carboxylic acids is 1. The first kappa shape index (κ1) is 15.7. The molecular weight excluding hydrogens is 288 g/mol. The highest BCUT2D eigenvalue weighted by Gasteiger charge is 2.42. The van der Waals surface area contributed by atoms with E-state index in [0.717, 1.165) is 19.3 Å². The van der Waals surface area contributed by atoms with Crippen LogP contribution in [0.1, 0.15) is 44.6 Å². The second-order valence-corrected chi connectivity index (χ2v) is 6.10. The normalized spacial score (nSPS) is 25.1. The van der Waals surface area contributed by atoms with Crippen LogP contribution in [0.5, 0.6) is 0 Å². The van der Waals surface area contributed by atoms with Crippen LogP contribution >= 0.6 is 11.6 Å². The summed E-state index contributed by atoms with van der Waals surface area (Å²) in [5.74, 6) is -0.254. The molecule has 0 amide bonds. The molecule has 0 radical (unpaired) electrons. The molecule has 0 heterocycles. The van der Waals surface area contributed by atoms with Crippen LogP contribution in [0.4, 0.5) is 5.69 Å². The van der Waals surface area contributed by atoms with Crippen molar-refractivity contribution in [1.29, 1.82) is 5.26 Å². The standard InChI is InChI=1S/C16H19ClN2O2/c1-2-11-5-7-16(8-6-11,15(20)21)19-14-4-3-13(17)9-12(14)10-18/h3-4,9,11,19H,2,5-8H2,1H3,(H,20,21). The van der Waals surface area contributed by atoms with E-state index in [1.54, 1.807) is 18.2 Å². The highest BCUT2D eigenvalue weighted by atomic mass is 35.5. The number of carboxylic acids is 1. The van der Waals surface area contributed by atoms with Gasteiger partial charge in [-0.15, -0.1) is 0 Å². The molecule has 1 aromatic rings. The molecular formula is C16H19ClN2O2. The van der Waals surface area contributed by atoms with E-state index < -0.39 is 11.5 Å². The number of nitrogens with zero attached hydrogens (tertiary/aromatic N) is 1. The second kappa shape index (κ2) is 6.36. The van der Waals surface area contributed by atoms with Gasteiger partial charge >= 0.3 is 5.97 Å². The van der Waals surface area contributed by atoms with E-state index in [9.17, 15) is 15.2 Å². The zero-order chi connectivity index (χ0) is 15.5. The maximum Gasteiger partial charge on any atom is 0.329 e. The molecule has 5 heteroatoms. The molecule has 2 rings (SSSR count). The maximum absolute atomic E-state index is 11.8. The summed E-state index contributed by atoms with van der Waals surface area (Å²) in [6, 6.07) is 6.96. The fraction of sp³-hybridized carbons (Fsp3) is 0.500. The topological polar surface area (TPSA) is 73.1 Å². The third-order valence-corrected chi connectivity index (χ3v) is 4.66. The smallest absolute Gasteiger partial charge is 0.329 e. The van der Waals surface area contributed by atoms with Crippen molar-refractivity contribution < 1.29 is 9.90 Å². The Hall–Kier alpha value is -1.73. The minimum Gasteiger partial charge on any atom is -0.480 e. The molecule has 4 nitrogen and oxygen atoms in total. The Morgan fingerprint density at radius 1 is 1.52 bits per heavy atom. The number of anilines is 1. The summed E-state index contributed by atoms with van der Waals surface area (Å²) in [4.78, 5) is 11.8. The first-order valence-corrected chi connectivity index (χ1v) is 7.60. The predicted molar refractivity (Wildman–Crippen MR) is 82.4 cm³/mol. The van der Waals surface area contributed by atoms with Gasteiger partial charge < -0.3 is 10.4 Å². The third-order valence-electron chi connectivity index (χ3n) is 4.42. The average molecular weight is 307 g/mol. The average Bonchev–Trinajstić information content (AvgIpc) is 2.49. The first-order valence-electron chi connectivity index (χ1n) is 7.22. The molecule has 21 heavy (non-hydrogen) atoms. The van der Waals surface area contributed by atoms with Gasteiger partial charge in [0.05, 0.1) is 11.3 Å². The van der Waals surface area contributed by atoms with Gasteiger partial charge in [0.15, 0.2) is 0 Å². The van der Waals surface area contributed by atoms with Gasteiger partial charge in [0.25, 0.3) is 0 Å². The number of nitriles is 1. The van der Waals surface area contributed by atoms with Crippen LogP contribution in [-0.4, -0.2) is 16.6 Å². The molecule has 0 bridgehead atoms. The van der Waals surface area contributed by atoms with Gasteiger partial charge in [0.1, 0.15) is 11.6 Å². The summed E-state index contributed by atoms with van der Waals surface area (Å²) in [7, 11) is 0. The molecule has 0 saturated heterocycles. The lowest BCUT2D eigenvalue weighted by atomic mass is 9.75. The van der Waals surface area contributed by atoms with Crippen molar-refractivity contribution in [2.24, 2.45) is 5.92 Å². The van der Waals surface area contributed by atoms with Crippen LogP contribution in [0.25, 0.3) is 0 Å². The molecule has 0 unspecified atom stereocenters. The van der Waals surface area contributed by atoms with E-state index >= 15 is 0 Å². The number of carbonyl (C=O) groups is 1. The number of halogens is 1. The number of hydrogen-bond acceptors (Lipinski definition) is 3. The van der Waals surface area contributed by atoms with Crippen molar-refractivity contribution in [3.63, 3.8) is 0 Å². The maximum atomic E-state index is 11.8. The molecule has 2 N–H and O–H groups in total. The van der Waals surface area contributed by atoms with Crippen LogP contribution in [0.3, 0.4) is 0 Å². The fourth-order valence-corrected chi connectivity index (χ4v) is 3.12. The number of carboxylic acid groups (broad SMARTS) is 1. The Kier molecular flexibility index (Phi) is 4.74. The van der Waals surface area contributed by atoms with Crippen LogP contribution in [0, 0.1) is 17.2 Å². The van der Waals surface area contributed by atoms with Crippen LogP contribution in [0.15, 0.2) is 18.2 Å². The first-order chi connectivity index (χ1) is 10.0. The Morgan fingerprint density at radius 3 is 2.71 bits per heavy atom. The molecule has 1 aliphatic carbocycles. The predicted octanol–water partition coefficient (Wildman–Crippen LogP) is 4.05. The van der Waals surface area contributed by atoms with E-state index in [0.29, 0.717) is 35.0 Å². The Bertz CT molecular complexity index is 572. The summed E-state index contributed by atoms with van der Waals surface area (Å²) in [5, 5.41) is 22.4. The SMILES string of the molecule is CCC1CCC(Nc2ccc(Cl)cc2C#N)(C(=O)O)CC1. The molecule has 1 saturated carbocycles. The van der Waals surface area contributed by atoms with E-state index in [2.05, 4.69) is 18.3 Å². The van der Waals surface area contributed by atoms with Crippen molar-refractivity contribution >= 4 is 23.3 Å². The largest absolute Gasteiger partial charge is 0.480 e. The van der Waals surface area contributed by atoms with Crippen molar-refractivity contribution in [3.05, 3.63) is 28.8 Å². The lowest BCUT2D eigenvalue weighted by Crippen LogP contribution is -2.49. The second-order valence-electron chi connectivity index (χ2n) is 5.67. The van der Waals surface area contributed by atoms with Crippen molar-refractivity contribution in [2.75, 3.05) is 5.32 Å². The molecule has 0 aliphatic heterocycles. The number of nitrogens with one attached hydrogen (secondary N) is 1. The minimum absolute atomic E-state index is 0.376. The monoisotopic (exact) mass is 306 g/mol. The van der Waals surface area contributed by atoms with Crippen molar-refractivity contribution in [3.8, 4) is 6.07 Å². The summed E-state index contributed by atoms with van der Waals surface area (Å²) in [6.45, 7) is 2.14. The Labute approximate surface area is 129 Å². The van der Waals surface area contributed by atoms with E-state index in [1.165, 1.54) is 0 Å². The molecule has 0 spiro atoms. The summed E-state index contributed by atoms with van der Waals surface area (Å²) < 4.78 is 0. The molecule has 1 aliphatic rings. The zero-order valence-electron chi connectivity index (χ0n) is 12.0. The quantitative estimate of drug-likeness (QED) is 0.880. The van der Waals surface area contributed by atoms with E-state index in [1.807, 2.05) is 0 Å². The van der Waals surface area contributed by atoms with Gasteiger partial charge in [0, 0.05) is 5.02 Å². The van der Waals surface area contributed by atoms with E-state index in [-0.39, 0.29) is 0 Å². The van der Waals surface area contributed by atoms with Gasteiger partial charge in [-0.2, -0.15) is 5.26 Å². The van der Waals surface area contributed by atoms with Crippen LogP contribution in [-0.2, 0) is 4.79 Å². The number of benzene rings is 1. The van der Waals surface area contributed by atoms with Crippen LogP contribution in [0.2, 0.25) is 5.02 Å². The molecule has 112 valence electrons. The lowest BCUT2D eigenvalue weighted by molar-refractivity contribution is -0.143. The highest BCUT2D eigenvalue weighted by molar-refractivity contribution is 6.30. The number of rotatable bonds is 4. The zero-order valence-corrected chi connectivity index (χ0v) is 12.8. The van der Waals surface area contributed by atoms with Gasteiger partial charge in [-0.1, -0.05) is 24.9 Å². The number of hydrogen-bond donors (Lipinski definition) is 2. The highest BCUT2D eigenvalue weighted by Crippen LogP contribution is 2.37. The molecule has 1 aromatic carbocycles. The minimum atomic E-state index is -0.981. The van der Waals surface area contributed by atoms with Gasteiger partial charge in [-0.3, -0.25) is 0 Å². The van der Waals surface area contributed by atoms with Gasteiger partial charge in [-0.25, -0.2) is 4.79 Å². The van der Waals surface area contributed by atoms with Crippen molar-refractivity contribution in [1.82, 2.24) is 0 Å². The van der Waals surface area contributed by atoms with Gasteiger partial charge in [-0.05, 0) is 49.8 Å². The van der Waals surface area contributed by atoms with Gasteiger partial charge in [0.2, 0.25) is 0 Å². The fourth-order valence-electron chi connectivity index (χ4n) is 2.95. The summed E-state index contributed by atoms with van der Waals surface area (Å²) in [6.07, 6.45) is 4.03. The summed E-state index contributed by atoms with van der Waals surface area (Å²) >= 11 is 5.88. The van der Waals surface area contributed by atoms with E-state index in [4.69, 9.17) is 11.6 Å². The van der Waals surface area contributed by atoms with Crippen molar-refractivity contribution in [2.45, 2.75) is 44.6 Å². The lowest BCUT2D eigenvalue weighted by Gasteiger charge is -2.38. The third kappa shape index (κ3) is 3.30. The molecule has 1 fully saturated rings. The summed E-state index contributed by atoms with van der Waals surface area (Å²) in [5.41, 5.74) is -0.0644. The Morgan fingerprint density at radius 2 is 2.19 bits per heavy atom. The Balaban J connectivity index is 2.26.